The van der Waals surface area contributed by atoms with Crippen molar-refractivity contribution in [1.82, 2.24) is 4.90 Å². The number of halogens is 1. The van der Waals surface area contributed by atoms with Crippen LogP contribution in [0.3, 0.4) is 0 Å². The first-order chi connectivity index (χ1) is 9.72. The molecule has 0 bridgehead atoms. The third-order valence-electron chi connectivity index (χ3n) is 3.31. The van der Waals surface area contributed by atoms with Crippen molar-refractivity contribution >= 4 is 17.5 Å². The van der Waals surface area contributed by atoms with E-state index in [0.29, 0.717) is 42.7 Å². The number of alkyl halides is 1. The molecular weight excluding hydrogens is 282 g/mol. The van der Waals surface area contributed by atoms with E-state index in [4.69, 9.17) is 25.8 Å². The zero-order valence-electron chi connectivity index (χ0n) is 11.6. The standard InChI is InChI=1S/C14H18ClNO4/c1-18-11-4-3-5-12(19-2)13(11)14(17)16-6-7-20-9-10(16)8-15/h3-5,10H,6-9H2,1-2H3. The molecule has 1 aromatic carbocycles. The summed E-state index contributed by atoms with van der Waals surface area (Å²) in [7, 11) is 3.06. The maximum absolute atomic E-state index is 12.8. The lowest BCUT2D eigenvalue weighted by Gasteiger charge is -2.35. The Balaban J connectivity index is 2.36. The number of methoxy groups -OCH3 is 2. The number of benzene rings is 1. The van der Waals surface area contributed by atoms with Gasteiger partial charge in [-0.1, -0.05) is 6.07 Å². The Hall–Kier alpha value is -1.46. The second kappa shape index (κ2) is 6.81. The minimum Gasteiger partial charge on any atom is -0.496 e. The summed E-state index contributed by atoms with van der Waals surface area (Å²) in [5.74, 6) is 1.18. The fourth-order valence-electron chi connectivity index (χ4n) is 2.26. The molecule has 0 aromatic heterocycles. The van der Waals surface area contributed by atoms with E-state index in [1.165, 1.54) is 14.2 Å². The monoisotopic (exact) mass is 299 g/mol. The van der Waals surface area contributed by atoms with E-state index in [9.17, 15) is 4.79 Å². The van der Waals surface area contributed by atoms with Crippen molar-refractivity contribution in [3.63, 3.8) is 0 Å². The molecule has 0 aliphatic carbocycles. The molecule has 6 heteroatoms. The molecule has 0 N–H and O–H groups in total. The molecule has 0 radical (unpaired) electrons. The number of hydrogen-bond acceptors (Lipinski definition) is 4. The van der Waals surface area contributed by atoms with E-state index in [0.717, 1.165) is 0 Å². The summed E-state index contributed by atoms with van der Waals surface area (Å²) in [5, 5.41) is 0. The summed E-state index contributed by atoms with van der Waals surface area (Å²) in [4.78, 5) is 14.5. The number of carbonyl (C=O) groups is 1. The highest BCUT2D eigenvalue weighted by Gasteiger charge is 2.31. The number of ether oxygens (including phenoxy) is 3. The van der Waals surface area contributed by atoms with Gasteiger partial charge >= 0.3 is 0 Å². The average molecular weight is 300 g/mol. The van der Waals surface area contributed by atoms with E-state index >= 15 is 0 Å². The average Bonchev–Trinajstić information content (AvgIpc) is 2.53. The summed E-state index contributed by atoms with van der Waals surface area (Å²) in [6.07, 6.45) is 0. The third kappa shape index (κ3) is 2.83. The molecule has 110 valence electrons. The van der Waals surface area contributed by atoms with Gasteiger partial charge in [-0.25, -0.2) is 0 Å². The van der Waals surface area contributed by atoms with Crippen LogP contribution in [0.25, 0.3) is 0 Å². The maximum atomic E-state index is 12.8. The van der Waals surface area contributed by atoms with Gasteiger partial charge in [-0.05, 0) is 12.1 Å². The van der Waals surface area contributed by atoms with Gasteiger partial charge in [-0.3, -0.25) is 4.79 Å². The van der Waals surface area contributed by atoms with Gasteiger partial charge in [0, 0.05) is 12.4 Å². The van der Waals surface area contributed by atoms with E-state index in [-0.39, 0.29) is 11.9 Å². The molecule has 0 saturated carbocycles. The minimum absolute atomic E-state index is 0.132. The Bertz CT molecular complexity index is 458. The molecule has 1 aromatic rings. The van der Waals surface area contributed by atoms with Crippen LogP contribution < -0.4 is 9.47 Å². The number of hydrogen-bond donors (Lipinski definition) is 0. The van der Waals surface area contributed by atoms with Crippen molar-refractivity contribution < 1.29 is 19.0 Å². The van der Waals surface area contributed by atoms with Crippen LogP contribution in [0.4, 0.5) is 0 Å². The van der Waals surface area contributed by atoms with Crippen LogP contribution in [-0.4, -0.2) is 56.7 Å². The largest absolute Gasteiger partial charge is 0.496 e. The number of morpholine rings is 1. The predicted molar refractivity (Wildman–Crippen MR) is 75.9 cm³/mol. The molecule has 1 fully saturated rings. The highest BCUT2D eigenvalue weighted by molar-refractivity contribution is 6.18. The number of carbonyl (C=O) groups excluding carboxylic acids is 1. The maximum Gasteiger partial charge on any atom is 0.261 e. The van der Waals surface area contributed by atoms with Crippen LogP contribution in [0.2, 0.25) is 0 Å². The second-order valence-electron chi connectivity index (χ2n) is 4.42. The first-order valence-electron chi connectivity index (χ1n) is 6.38. The SMILES string of the molecule is COc1cccc(OC)c1C(=O)N1CCOCC1CCl. The summed E-state index contributed by atoms with van der Waals surface area (Å²) >= 11 is 5.92. The summed E-state index contributed by atoms with van der Waals surface area (Å²) in [6, 6.07) is 5.14. The zero-order valence-corrected chi connectivity index (χ0v) is 12.4. The fraction of sp³-hybridized carbons (Fsp3) is 0.500. The van der Waals surface area contributed by atoms with Gasteiger partial charge in [-0.2, -0.15) is 0 Å². The van der Waals surface area contributed by atoms with E-state index < -0.39 is 0 Å². The van der Waals surface area contributed by atoms with Crippen LogP contribution >= 0.6 is 11.6 Å². The minimum atomic E-state index is -0.145. The van der Waals surface area contributed by atoms with E-state index in [1.807, 2.05) is 0 Å². The fourth-order valence-corrected chi connectivity index (χ4v) is 2.51. The molecule has 2 rings (SSSR count). The molecule has 20 heavy (non-hydrogen) atoms. The Morgan fingerprint density at radius 2 is 2.05 bits per heavy atom. The Labute approximate surface area is 123 Å². The molecule has 1 heterocycles. The third-order valence-corrected chi connectivity index (χ3v) is 3.66. The molecule has 5 nitrogen and oxygen atoms in total. The molecule has 1 aliphatic heterocycles. The zero-order chi connectivity index (χ0) is 14.5. The normalized spacial score (nSPS) is 18.8. The molecule has 1 unspecified atom stereocenters. The Morgan fingerprint density at radius 3 is 2.60 bits per heavy atom. The lowest BCUT2D eigenvalue weighted by Crippen LogP contribution is -2.49. The van der Waals surface area contributed by atoms with Gasteiger partial charge < -0.3 is 19.1 Å². The van der Waals surface area contributed by atoms with Gasteiger partial charge in [0.05, 0.1) is 33.5 Å². The number of amides is 1. The van der Waals surface area contributed by atoms with Crippen molar-refractivity contribution in [1.29, 1.82) is 0 Å². The van der Waals surface area contributed by atoms with Crippen LogP contribution in [0.5, 0.6) is 11.5 Å². The van der Waals surface area contributed by atoms with E-state index in [1.54, 1.807) is 23.1 Å². The quantitative estimate of drug-likeness (QED) is 0.795. The lowest BCUT2D eigenvalue weighted by molar-refractivity contribution is 0.00424. The van der Waals surface area contributed by atoms with Crippen LogP contribution in [-0.2, 0) is 4.74 Å². The highest BCUT2D eigenvalue weighted by Crippen LogP contribution is 2.30. The second-order valence-corrected chi connectivity index (χ2v) is 4.73. The topological polar surface area (TPSA) is 48.0 Å². The highest BCUT2D eigenvalue weighted by atomic mass is 35.5. The van der Waals surface area contributed by atoms with Crippen LogP contribution in [0.1, 0.15) is 10.4 Å². The molecule has 0 spiro atoms. The molecule has 1 amide bonds. The van der Waals surface area contributed by atoms with Crippen molar-refractivity contribution in [3.8, 4) is 11.5 Å². The van der Waals surface area contributed by atoms with Crippen LogP contribution in [0.15, 0.2) is 18.2 Å². The summed E-state index contributed by atoms with van der Waals surface area (Å²) in [6.45, 7) is 1.47. The predicted octanol–water partition coefficient (Wildman–Crippen LogP) is 1.78. The van der Waals surface area contributed by atoms with Crippen molar-refractivity contribution in [2.75, 3.05) is 39.9 Å². The summed E-state index contributed by atoms with van der Waals surface area (Å²) in [5.41, 5.74) is 0.425. The first-order valence-corrected chi connectivity index (χ1v) is 6.92. The molecular formula is C14H18ClNO4. The van der Waals surface area contributed by atoms with Crippen molar-refractivity contribution in [2.45, 2.75) is 6.04 Å². The lowest BCUT2D eigenvalue weighted by atomic mass is 10.1. The van der Waals surface area contributed by atoms with Gasteiger partial charge in [0.1, 0.15) is 17.1 Å². The van der Waals surface area contributed by atoms with Crippen molar-refractivity contribution in [3.05, 3.63) is 23.8 Å². The Kier molecular flexibility index (Phi) is 5.09. The van der Waals surface area contributed by atoms with Crippen molar-refractivity contribution in [2.24, 2.45) is 0 Å². The molecule has 1 aliphatic rings. The van der Waals surface area contributed by atoms with Crippen LogP contribution in [0, 0.1) is 0 Å². The smallest absolute Gasteiger partial charge is 0.261 e. The Morgan fingerprint density at radius 1 is 1.40 bits per heavy atom. The number of rotatable bonds is 4. The van der Waals surface area contributed by atoms with Gasteiger partial charge in [-0.15, -0.1) is 11.6 Å². The van der Waals surface area contributed by atoms with Gasteiger partial charge in [0.15, 0.2) is 0 Å². The molecule has 1 atom stereocenters. The summed E-state index contributed by atoms with van der Waals surface area (Å²) < 4.78 is 15.9. The van der Waals surface area contributed by atoms with Gasteiger partial charge in [0.2, 0.25) is 0 Å². The first kappa shape index (κ1) is 14.9. The van der Waals surface area contributed by atoms with Gasteiger partial charge in [0.25, 0.3) is 5.91 Å². The molecule has 1 saturated heterocycles. The van der Waals surface area contributed by atoms with E-state index in [2.05, 4.69) is 0 Å². The number of nitrogens with zero attached hydrogens (tertiary/aromatic N) is 1.